The van der Waals surface area contributed by atoms with Gasteiger partial charge in [-0.25, -0.2) is 4.79 Å². The number of carbonyl (C=O) groups is 2. The first-order chi connectivity index (χ1) is 10.2. The zero-order chi connectivity index (χ0) is 14.8. The molecule has 21 heavy (non-hydrogen) atoms. The first kappa shape index (κ1) is 13.5. The van der Waals surface area contributed by atoms with Gasteiger partial charge in [0.2, 0.25) is 0 Å². The molecule has 2 aromatic rings. The molecule has 0 aliphatic heterocycles. The Balaban J connectivity index is 1.89. The van der Waals surface area contributed by atoms with E-state index in [1.165, 1.54) is 0 Å². The largest absolute Gasteiger partial charge is 0.459 e. The summed E-state index contributed by atoms with van der Waals surface area (Å²) in [6.45, 7) is -0.171. The molecule has 0 saturated carbocycles. The smallest absolute Gasteiger partial charge is 0.376 e. The molecule has 2 aromatic carbocycles. The van der Waals surface area contributed by atoms with Crippen LogP contribution in [0.25, 0.3) is 11.1 Å². The number of fused-ring (bicyclic) bond motifs is 3. The highest BCUT2D eigenvalue weighted by molar-refractivity contribution is 6.34. The van der Waals surface area contributed by atoms with Gasteiger partial charge in [0.15, 0.2) is 0 Å². The molecular formula is C17H15NO3. The number of hydrogen-bond donors (Lipinski definition) is 1. The molecule has 4 heteroatoms. The molecule has 0 spiro atoms. The van der Waals surface area contributed by atoms with Crippen molar-refractivity contribution in [2.45, 2.75) is 5.92 Å². The van der Waals surface area contributed by atoms with Crippen molar-refractivity contribution < 1.29 is 14.3 Å². The van der Waals surface area contributed by atoms with E-state index in [9.17, 15) is 9.59 Å². The number of carbonyl (C=O) groups excluding carboxylic acids is 2. The van der Waals surface area contributed by atoms with Crippen molar-refractivity contribution in [2.75, 3.05) is 13.2 Å². The Hall–Kier alpha value is -2.46. The highest BCUT2D eigenvalue weighted by Crippen LogP contribution is 2.44. The summed E-state index contributed by atoms with van der Waals surface area (Å²) in [6, 6.07) is 16.1. The molecule has 1 aliphatic rings. The van der Waals surface area contributed by atoms with E-state index in [0.717, 1.165) is 22.3 Å². The average molecular weight is 281 g/mol. The Morgan fingerprint density at radius 2 is 1.48 bits per heavy atom. The molecular weight excluding hydrogens is 266 g/mol. The molecule has 0 amide bonds. The van der Waals surface area contributed by atoms with Crippen LogP contribution in [0.2, 0.25) is 0 Å². The number of hydrogen-bond acceptors (Lipinski definition) is 4. The Kier molecular flexibility index (Phi) is 3.54. The lowest BCUT2D eigenvalue weighted by Crippen LogP contribution is -2.26. The predicted molar refractivity (Wildman–Crippen MR) is 78.7 cm³/mol. The van der Waals surface area contributed by atoms with E-state index in [4.69, 9.17) is 10.5 Å². The number of esters is 1. The van der Waals surface area contributed by atoms with Crippen molar-refractivity contribution >= 4 is 11.8 Å². The van der Waals surface area contributed by atoms with Crippen LogP contribution in [0.4, 0.5) is 0 Å². The van der Waals surface area contributed by atoms with Crippen LogP contribution in [0, 0.1) is 0 Å². The molecule has 0 saturated heterocycles. The minimum atomic E-state index is -0.862. The number of rotatable bonds is 4. The second-order valence-corrected chi connectivity index (χ2v) is 4.95. The van der Waals surface area contributed by atoms with E-state index >= 15 is 0 Å². The van der Waals surface area contributed by atoms with Crippen LogP contribution in [0.15, 0.2) is 48.5 Å². The molecule has 0 unspecified atom stereocenters. The lowest BCUT2D eigenvalue weighted by Gasteiger charge is -2.13. The summed E-state index contributed by atoms with van der Waals surface area (Å²) in [5.41, 5.74) is 9.70. The summed E-state index contributed by atoms with van der Waals surface area (Å²) in [7, 11) is 0. The van der Waals surface area contributed by atoms with Gasteiger partial charge in [0.25, 0.3) is 5.78 Å². The topological polar surface area (TPSA) is 69.4 Å². The minimum Gasteiger partial charge on any atom is -0.459 e. The van der Waals surface area contributed by atoms with E-state index in [1.54, 1.807) is 0 Å². The summed E-state index contributed by atoms with van der Waals surface area (Å²) >= 11 is 0. The van der Waals surface area contributed by atoms with E-state index in [-0.39, 0.29) is 19.1 Å². The van der Waals surface area contributed by atoms with Gasteiger partial charge in [-0.2, -0.15) is 0 Å². The quantitative estimate of drug-likeness (QED) is 0.686. The molecule has 0 atom stereocenters. The Morgan fingerprint density at radius 3 is 2.00 bits per heavy atom. The predicted octanol–water partition coefficient (Wildman–Crippen LogP) is 1.87. The Morgan fingerprint density at radius 1 is 0.952 bits per heavy atom. The lowest BCUT2D eigenvalue weighted by molar-refractivity contribution is -0.153. The van der Waals surface area contributed by atoms with Crippen molar-refractivity contribution in [3.05, 3.63) is 59.7 Å². The van der Waals surface area contributed by atoms with Gasteiger partial charge in [-0.1, -0.05) is 48.5 Å². The third-order valence-electron chi connectivity index (χ3n) is 3.76. The maximum atomic E-state index is 11.5. The fourth-order valence-electron chi connectivity index (χ4n) is 2.76. The normalized spacial score (nSPS) is 12.6. The van der Waals surface area contributed by atoms with Crippen LogP contribution in [-0.2, 0) is 14.3 Å². The fourth-order valence-corrected chi connectivity index (χ4v) is 2.76. The summed E-state index contributed by atoms with van der Waals surface area (Å²) in [4.78, 5) is 22.7. The summed E-state index contributed by atoms with van der Waals surface area (Å²) in [5.74, 6) is -1.60. The van der Waals surface area contributed by atoms with Crippen LogP contribution >= 0.6 is 0 Å². The van der Waals surface area contributed by atoms with Crippen LogP contribution in [0.5, 0.6) is 0 Å². The van der Waals surface area contributed by atoms with Crippen LogP contribution in [0.1, 0.15) is 17.0 Å². The maximum Gasteiger partial charge on any atom is 0.376 e. The molecule has 106 valence electrons. The monoisotopic (exact) mass is 281 g/mol. The van der Waals surface area contributed by atoms with E-state index in [2.05, 4.69) is 12.1 Å². The Bertz CT molecular complexity index is 663. The fraction of sp³-hybridized carbons (Fsp3) is 0.176. The van der Waals surface area contributed by atoms with Gasteiger partial charge in [0.1, 0.15) is 6.61 Å². The molecule has 4 nitrogen and oxygen atoms in total. The number of nitrogens with two attached hydrogens (primary N) is 1. The molecule has 0 fully saturated rings. The molecule has 0 bridgehead atoms. The summed E-state index contributed by atoms with van der Waals surface area (Å²) in [5, 5.41) is 0. The second kappa shape index (κ2) is 5.50. The van der Waals surface area contributed by atoms with Crippen LogP contribution in [0.3, 0.4) is 0 Å². The molecule has 2 N–H and O–H groups in total. The number of ketones is 1. The van der Waals surface area contributed by atoms with Gasteiger partial charge in [-0.15, -0.1) is 0 Å². The SMILES string of the molecule is NCC(=O)C(=O)OCC1c2ccccc2-c2ccccc21. The van der Waals surface area contributed by atoms with Crippen LogP contribution in [-0.4, -0.2) is 24.9 Å². The first-order valence-corrected chi connectivity index (χ1v) is 6.80. The van der Waals surface area contributed by atoms with Crippen molar-refractivity contribution in [1.29, 1.82) is 0 Å². The van der Waals surface area contributed by atoms with Crippen molar-refractivity contribution in [1.82, 2.24) is 0 Å². The van der Waals surface area contributed by atoms with E-state index < -0.39 is 11.8 Å². The van der Waals surface area contributed by atoms with Crippen LogP contribution < -0.4 is 5.73 Å². The molecule has 0 radical (unpaired) electrons. The van der Waals surface area contributed by atoms with Gasteiger partial charge in [-0.3, -0.25) is 4.79 Å². The average Bonchev–Trinajstić information content (AvgIpc) is 2.86. The molecule has 0 aromatic heterocycles. The van der Waals surface area contributed by atoms with Crippen molar-refractivity contribution in [2.24, 2.45) is 5.73 Å². The van der Waals surface area contributed by atoms with Gasteiger partial charge in [0.05, 0.1) is 6.54 Å². The lowest BCUT2D eigenvalue weighted by atomic mass is 9.98. The zero-order valence-electron chi connectivity index (χ0n) is 11.4. The molecule has 3 rings (SSSR count). The molecule has 1 aliphatic carbocycles. The number of ether oxygens (including phenoxy) is 1. The van der Waals surface area contributed by atoms with E-state index in [0.29, 0.717) is 0 Å². The van der Waals surface area contributed by atoms with E-state index in [1.807, 2.05) is 36.4 Å². The second-order valence-electron chi connectivity index (χ2n) is 4.95. The molecule has 0 heterocycles. The van der Waals surface area contributed by atoms with Crippen molar-refractivity contribution in [3.8, 4) is 11.1 Å². The maximum absolute atomic E-state index is 11.5. The van der Waals surface area contributed by atoms with Gasteiger partial charge >= 0.3 is 5.97 Å². The summed E-state index contributed by atoms with van der Waals surface area (Å²) < 4.78 is 5.12. The zero-order valence-corrected chi connectivity index (χ0v) is 11.4. The highest BCUT2D eigenvalue weighted by atomic mass is 16.5. The van der Waals surface area contributed by atoms with Crippen molar-refractivity contribution in [3.63, 3.8) is 0 Å². The third-order valence-corrected chi connectivity index (χ3v) is 3.76. The first-order valence-electron chi connectivity index (χ1n) is 6.80. The number of Topliss-reactive ketones (excluding diaryl/α,β-unsaturated/α-hetero) is 1. The minimum absolute atomic E-state index is 0.0353. The van der Waals surface area contributed by atoms with Gasteiger partial charge in [0, 0.05) is 5.92 Å². The summed E-state index contributed by atoms with van der Waals surface area (Å²) in [6.07, 6.45) is 0. The number of benzene rings is 2. The standard InChI is InChI=1S/C17H15NO3/c18-9-16(19)17(20)21-10-15-13-7-3-1-5-11(13)12-6-2-4-8-14(12)15/h1-8,15H,9-10,18H2. The third kappa shape index (κ3) is 2.34. The van der Waals surface area contributed by atoms with Gasteiger partial charge < -0.3 is 10.5 Å². The Labute approximate surface area is 122 Å². The highest BCUT2D eigenvalue weighted by Gasteiger charge is 2.29. The van der Waals surface area contributed by atoms with Gasteiger partial charge in [-0.05, 0) is 22.3 Å².